The maximum Gasteiger partial charge on any atom is 0.407 e. The second kappa shape index (κ2) is 11.3. The number of alkyl carbamates (subject to hydrolysis) is 1. The van der Waals surface area contributed by atoms with Crippen LogP contribution >= 0.6 is 15.9 Å². The van der Waals surface area contributed by atoms with Crippen LogP contribution in [0.2, 0.25) is 0 Å². The van der Waals surface area contributed by atoms with Crippen molar-refractivity contribution in [2.75, 3.05) is 25.0 Å². The van der Waals surface area contributed by atoms with Gasteiger partial charge in [0, 0.05) is 25.6 Å². The van der Waals surface area contributed by atoms with E-state index in [2.05, 4.69) is 31.9 Å². The standard InChI is InChI=1S/C15H28BrN3O4/c1-11(6-5-7-17-12(20)10-16)13(21)18-8-9-19-14(22)23-15(2,3)4/h11H,5-10H2,1-4H3,(H,17,20)(H,18,21)(H,19,22)/t11-/m0/s1. The summed E-state index contributed by atoms with van der Waals surface area (Å²) >= 11 is 3.07. The lowest BCUT2D eigenvalue weighted by molar-refractivity contribution is -0.124. The fourth-order valence-electron chi connectivity index (χ4n) is 1.65. The molecule has 0 aliphatic heterocycles. The highest BCUT2D eigenvalue weighted by atomic mass is 79.9. The molecule has 0 rings (SSSR count). The van der Waals surface area contributed by atoms with Gasteiger partial charge in [0.1, 0.15) is 5.60 Å². The van der Waals surface area contributed by atoms with E-state index < -0.39 is 11.7 Å². The summed E-state index contributed by atoms with van der Waals surface area (Å²) in [6.45, 7) is 8.42. The van der Waals surface area contributed by atoms with Gasteiger partial charge in [-0.25, -0.2) is 4.79 Å². The first-order valence-electron chi connectivity index (χ1n) is 7.73. The van der Waals surface area contributed by atoms with E-state index in [4.69, 9.17) is 4.74 Å². The molecule has 0 aliphatic carbocycles. The molecule has 1 atom stereocenters. The van der Waals surface area contributed by atoms with Gasteiger partial charge in [0.05, 0.1) is 5.33 Å². The number of carbonyl (C=O) groups is 3. The molecule has 0 unspecified atom stereocenters. The molecule has 0 aromatic heterocycles. The Morgan fingerprint density at radius 2 is 1.65 bits per heavy atom. The monoisotopic (exact) mass is 393 g/mol. The zero-order valence-electron chi connectivity index (χ0n) is 14.3. The highest BCUT2D eigenvalue weighted by molar-refractivity contribution is 9.09. The van der Waals surface area contributed by atoms with Crippen molar-refractivity contribution in [1.29, 1.82) is 0 Å². The molecule has 0 saturated carbocycles. The Morgan fingerprint density at radius 3 is 2.22 bits per heavy atom. The molecule has 0 bridgehead atoms. The van der Waals surface area contributed by atoms with Crippen LogP contribution in [0.1, 0.15) is 40.5 Å². The molecule has 0 aliphatic rings. The summed E-state index contributed by atoms with van der Waals surface area (Å²) in [6.07, 6.45) is 0.930. The summed E-state index contributed by atoms with van der Waals surface area (Å²) in [4.78, 5) is 34.3. The Labute approximate surface area is 146 Å². The van der Waals surface area contributed by atoms with Crippen molar-refractivity contribution in [2.45, 2.75) is 46.1 Å². The van der Waals surface area contributed by atoms with Crippen LogP contribution in [0.25, 0.3) is 0 Å². The van der Waals surface area contributed by atoms with E-state index in [9.17, 15) is 14.4 Å². The first kappa shape index (κ1) is 21.7. The SMILES string of the molecule is C[C@@H](CCCNC(=O)CBr)C(=O)NCCNC(=O)OC(C)(C)C. The third-order valence-electron chi connectivity index (χ3n) is 2.80. The first-order chi connectivity index (χ1) is 10.7. The molecule has 3 N–H and O–H groups in total. The van der Waals surface area contributed by atoms with Gasteiger partial charge < -0.3 is 20.7 Å². The summed E-state index contributed by atoms with van der Waals surface area (Å²) in [7, 11) is 0. The molecule has 0 aromatic rings. The Balaban J connectivity index is 3.72. The number of ether oxygens (including phenoxy) is 1. The van der Waals surface area contributed by atoms with E-state index in [1.54, 1.807) is 20.8 Å². The smallest absolute Gasteiger partial charge is 0.407 e. The molecule has 8 heteroatoms. The molecule has 7 nitrogen and oxygen atoms in total. The molecule has 0 spiro atoms. The van der Waals surface area contributed by atoms with Gasteiger partial charge in [-0.3, -0.25) is 9.59 Å². The van der Waals surface area contributed by atoms with Crippen LogP contribution in [0, 0.1) is 5.92 Å². The average molecular weight is 394 g/mol. The molecular formula is C15H28BrN3O4. The largest absolute Gasteiger partial charge is 0.444 e. The molecule has 23 heavy (non-hydrogen) atoms. The second-order valence-electron chi connectivity index (χ2n) is 6.25. The lowest BCUT2D eigenvalue weighted by atomic mass is 10.0. The van der Waals surface area contributed by atoms with Crippen molar-refractivity contribution in [1.82, 2.24) is 16.0 Å². The molecule has 0 heterocycles. The van der Waals surface area contributed by atoms with Crippen molar-refractivity contribution in [2.24, 2.45) is 5.92 Å². The maximum absolute atomic E-state index is 11.9. The van der Waals surface area contributed by atoms with Gasteiger partial charge in [-0.2, -0.15) is 0 Å². The van der Waals surface area contributed by atoms with Crippen molar-refractivity contribution < 1.29 is 19.1 Å². The van der Waals surface area contributed by atoms with Crippen LogP contribution in [-0.2, 0) is 14.3 Å². The van der Waals surface area contributed by atoms with Crippen molar-refractivity contribution in [3.05, 3.63) is 0 Å². The predicted octanol–water partition coefficient (Wildman–Crippen LogP) is 1.55. The number of hydrogen-bond donors (Lipinski definition) is 3. The highest BCUT2D eigenvalue weighted by Gasteiger charge is 2.16. The van der Waals surface area contributed by atoms with Crippen LogP contribution in [0.3, 0.4) is 0 Å². The molecule has 0 fully saturated rings. The lowest BCUT2D eigenvalue weighted by Crippen LogP contribution is -2.39. The average Bonchev–Trinajstić information content (AvgIpc) is 2.45. The summed E-state index contributed by atoms with van der Waals surface area (Å²) < 4.78 is 5.09. The van der Waals surface area contributed by atoms with Crippen molar-refractivity contribution in [3.63, 3.8) is 0 Å². The number of rotatable bonds is 9. The fourth-order valence-corrected chi connectivity index (χ4v) is 1.85. The number of alkyl halides is 1. The van der Waals surface area contributed by atoms with E-state index in [0.717, 1.165) is 6.42 Å². The summed E-state index contributed by atoms with van der Waals surface area (Å²) in [5, 5.41) is 8.35. The Kier molecular flexibility index (Phi) is 10.6. The summed E-state index contributed by atoms with van der Waals surface area (Å²) in [5.74, 6) is -0.268. The lowest BCUT2D eigenvalue weighted by Gasteiger charge is -2.19. The van der Waals surface area contributed by atoms with Gasteiger partial charge in [-0.05, 0) is 33.6 Å². The van der Waals surface area contributed by atoms with Gasteiger partial charge in [-0.1, -0.05) is 22.9 Å². The quantitative estimate of drug-likeness (QED) is 0.409. The van der Waals surface area contributed by atoms with Gasteiger partial charge in [0.2, 0.25) is 11.8 Å². The predicted molar refractivity (Wildman–Crippen MR) is 92.4 cm³/mol. The van der Waals surface area contributed by atoms with Crippen LogP contribution in [0.5, 0.6) is 0 Å². The third kappa shape index (κ3) is 12.9. The second-order valence-corrected chi connectivity index (χ2v) is 6.81. The van der Waals surface area contributed by atoms with Crippen LogP contribution in [0.4, 0.5) is 4.79 Å². The van der Waals surface area contributed by atoms with E-state index in [-0.39, 0.29) is 23.1 Å². The Morgan fingerprint density at radius 1 is 1.04 bits per heavy atom. The van der Waals surface area contributed by atoms with Gasteiger partial charge in [-0.15, -0.1) is 0 Å². The minimum Gasteiger partial charge on any atom is -0.444 e. The normalized spacial score (nSPS) is 12.2. The van der Waals surface area contributed by atoms with Gasteiger partial charge >= 0.3 is 6.09 Å². The molecule has 0 radical (unpaired) electrons. The molecule has 134 valence electrons. The van der Waals surface area contributed by atoms with E-state index in [1.807, 2.05) is 6.92 Å². The van der Waals surface area contributed by atoms with Crippen molar-refractivity contribution in [3.8, 4) is 0 Å². The van der Waals surface area contributed by atoms with E-state index in [0.29, 0.717) is 26.1 Å². The zero-order valence-corrected chi connectivity index (χ0v) is 15.9. The number of hydrogen-bond acceptors (Lipinski definition) is 4. The van der Waals surface area contributed by atoms with Gasteiger partial charge in [0.15, 0.2) is 0 Å². The molecule has 0 aromatic carbocycles. The van der Waals surface area contributed by atoms with Crippen molar-refractivity contribution >= 4 is 33.8 Å². The third-order valence-corrected chi connectivity index (χ3v) is 3.31. The molecule has 3 amide bonds. The number of halogens is 1. The minimum absolute atomic E-state index is 0.0599. The van der Waals surface area contributed by atoms with E-state index in [1.165, 1.54) is 0 Å². The van der Waals surface area contributed by atoms with Crippen LogP contribution < -0.4 is 16.0 Å². The Hall–Kier alpha value is -1.31. The zero-order chi connectivity index (χ0) is 17.9. The minimum atomic E-state index is -0.536. The fraction of sp³-hybridized carbons (Fsp3) is 0.800. The highest BCUT2D eigenvalue weighted by Crippen LogP contribution is 2.06. The van der Waals surface area contributed by atoms with Crippen LogP contribution in [-0.4, -0.2) is 48.5 Å². The van der Waals surface area contributed by atoms with Gasteiger partial charge in [0.25, 0.3) is 0 Å². The van der Waals surface area contributed by atoms with Crippen LogP contribution in [0.15, 0.2) is 0 Å². The number of amides is 3. The van der Waals surface area contributed by atoms with E-state index >= 15 is 0 Å². The Bertz CT molecular complexity index is 397. The summed E-state index contributed by atoms with van der Waals surface area (Å²) in [6, 6.07) is 0. The maximum atomic E-state index is 11.9. The number of carbonyl (C=O) groups excluding carboxylic acids is 3. The molecule has 0 saturated heterocycles. The molecular weight excluding hydrogens is 366 g/mol. The summed E-state index contributed by atoms with van der Waals surface area (Å²) in [5.41, 5.74) is -0.536. The topological polar surface area (TPSA) is 96.5 Å². The number of nitrogens with one attached hydrogen (secondary N) is 3. The first-order valence-corrected chi connectivity index (χ1v) is 8.85.